The van der Waals surface area contributed by atoms with E-state index in [4.69, 9.17) is 16.9 Å². The first-order valence-electron chi connectivity index (χ1n) is 8.23. The van der Waals surface area contributed by atoms with E-state index in [1.54, 1.807) is 35.8 Å². The number of hydrogen-bond acceptors (Lipinski definition) is 5. The quantitative estimate of drug-likeness (QED) is 0.637. The zero-order valence-electron chi connectivity index (χ0n) is 14.4. The predicted octanol–water partition coefficient (Wildman–Crippen LogP) is 2.95. The molecule has 136 valence electrons. The van der Waals surface area contributed by atoms with Gasteiger partial charge in [0.05, 0.1) is 19.2 Å². The van der Waals surface area contributed by atoms with Crippen molar-refractivity contribution in [1.29, 1.82) is 5.26 Å². The van der Waals surface area contributed by atoms with Gasteiger partial charge in [-0.3, -0.25) is 4.79 Å². The lowest BCUT2D eigenvalue weighted by Crippen LogP contribution is -2.33. The van der Waals surface area contributed by atoms with Gasteiger partial charge in [0.25, 0.3) is 0 Å². The van der Waals surface area contributed by atoms with Crippen LogP contribution in [-0.4, -0.2) is 33.8 Å². The molecule has 0 aliphatic heterocycles. The lowest BCUT2D eigenvalue weighted by atomic mass is 10.2. The number of nitriles is 1. The summed E-state index contributed by atoms with van der Waals surface area (Å²) < 4.78 is 1.84. The molecule has 0 saturated heterocycles. The lowest BCUT2D eigenvalue weighted by Gasteiger charge is -2.21. The minimum atomic E-state index is -0.216. The Bertz CT molecular complexity index is 951. The molecule has 0 saturated carbocycles. The Labute approximate surface area is 161 Å². The van der Waals surface area contributed by atoms with Gasteiger partial charge >= 0.3 is 0 Å². The van der Waals surface area contributed by atoms with Gasteiger partial charge in [-0.2, -0.15) is 5.26 Å². The normalized spacial score (nSPS) is 10.2. The molecule has 1 amide bonds. The monoisotopic (exact) mass is 380 g/mol. The minimum Gasteiger partial charge on any atom is -0.349 e. The van der Waals surface area contributed by atoms with E-state index in [0.717, 1.165) is 11.3 Å². The molecule has 8 heteroatoms. The molecule has 0 radical (unpaired) electrons. The zero-order chi connectivity index (χ0) is 19.1. The molecular formula is C19H17ClN6O. The summed E-state index contributed by atoms with van der Waals surface area (Å²) in [5.74, 6) is -0.216. The van der Waals surface area contributed by atoms with Gasteiger partial charge in [0, 0.05) is 16.4 Å². The number of halogens is 1. The number of anilines is 2. The fourth-order valence-corrected chi connectivity index (χ4v) is 2.82. The highest BCUT2D eigenvalue weighted by molar-refractivity contribution is 6.30. The number of carbonyl (C=O) groups is 1. The Morgan fingerprint density at radius 1 is 1.19 bits per heavy atom. The molecule has 0 aliphatic rings. The molecule has 0 bridgehead atoms. The van der Waals surface area contributed by atoms with Gasteiger partial charge < -0.3 is 14.8 Å². The molecule has 1 heterocycles. The third-order valence-corrected chi connectivity index (χ3v) is 4.05. The maximum atomic E-state index is 12.5. The van der Waals surface area contributed by atoms with Gasteiger partial charge in [-0.05, 0) is 35.9 Å². The van der Waals surface area contributed by atoms with Crippen molar-refractivity contribution in [2.45, 2.75) is 6.54 Å². The van der Waals surface area contributed by atoms with E-state index >= 15 is 0 Å². The molecular weight excluding hydrogens is 364 g/mol. The van der Waals surface area contributed by atoms with Gasteiger partial charge in [0.2, 0.25) is 5.91 Å². The second-order valence-electron chi connectivity index (χ2n) is 5.88. The molecule has 3 aromatic rings. The van der Waals surface area contributed by atoms with Crippen LogP contribution in [0.5, 0.6) is 0 Å². The van der Waals surface area contributed by atoms with Crippen molar-refractivity contribution in [3.05, 3.63) is 71.8 Å². The van der Waals surface area contributed by atoms with Crippen LogP contribution in [0.1, 0.15) is 5.56 Å². The number of nitrogens with zero attached hydrogens (tertiary/aromatic N) is 5. The predicted molar refractivity (Wildman–Crippen MR) is 103 cm³/mol. The van der Waals surface area contributed by atoms with Crippen molar-refractivity contribution >= 4 is 28.9 Å². The average Bonchev–Trinajstić information content (AvgIpc) is 3.14. The third-order valence-electron chi connectivity index (χ3n) is 3.81. The van der Waals surface area contributed by atoms with Gasteiger partial charge in [0.15, 0.2) is 0 Å². The number of aromatic nitrogens is 3. The summed E-state index contributed by atoms with van der Waals surface area (Å²) >= 11 is 6.01. The van der Waals surface area contributed by atoms with Crippen LogP contribution in [0.2, 0.25) is 5.02 Å². The first-order valence-corrected chi connectivity index (χ1v) is 8.60. The van der Waals surface area contributed by atoms with Gasteiger partial charge in [0.1, 0.15) is 19.2 Å². The standard InChI is InChI=1S/C19H17ClN6O/c20-16-4-2-6-18(10-16)26(8-7-21)12-19(27)24-17-5-1-3-15(9-17)11-25-13-22-23-14-25/h1-6,9-10,13-14H,8,11-12H2,(H,24,27). The van der Waals surface area contributed by atoms with Gasteiger partial charge in [-0.15, -0.1) is 10.2 Å². The number of amides is 1. The average molecular weight is 381 g/mol. The molecule has 2 aromatic carbocycles. The first kappa shape index (κ1) is 18.4. The number of rotatable bonds is 7. The molecule has 1 aromatic heterocycles. The highest BCUT2D eigenvalue weighted by atomic mass is 35.5. The molecule has 3 rings (SSSR count). The van der Waals surface area contributed by atoms with Gasteiger partial charge in [-0.25, -0.2) is 0 Å². The van der Waals surface area contributed by atoms with Crippen LogP contribution in [0.3, 0.4) is 0 Å². The smallest absolute Gasteiger partial charge is 0.243 e. The lowest BCUT2D eigenvalue weighted by molar-refractivity contribution is -0.114. The van der Waals surface area contributed by atoms with Crippen molar-refractivity contribution in [1.82, 2.24) is 14.8 Å². The van der Waals surface area contributed by atoms with Crippen LogP contribution in [0, 0.1) is 11.3 Å². The van der Waals surface area contributed by atoms with E-state index in [-0.39, 0.29) is 19.0 Å². The number of carbonyl (C=O) groups excluding carboxylic acids is 1. The summed E-state index contributed by atoms with van der Waals surface area (Å²) in [5, 5.41) is 20.0. The van der Waals surface area contributed by atoms with Crippen LogP contribution in [0.4, 0.5) is 11.4 Å². The minimum absolute atomic E-state index is 0.0452. The summed E-state index contributed by atoms with van der Waals surface area (Å²) in [6.45, 7) is 0.741. The Kier molecular flexibility index (Phi) is 6.02. The van der Waals surface area contributed by atoms with Gasteiger partial charge in [-0.1, -0.05) is 29.8 Å². The van der Waals surface area contributed by atoms with Crippen molar-refractivity contribution in [3.63, 3.8) is 0 Å². The second-order valence-corrected chi connectivity index (χ2v) is 6.31. The van der Waals surface area contributed by atoms with E-state index in [1.165, 1.54) is 0 Å². The van der Waals surface area contributed by atoms with E-state index in [9.17, 15) is 4.79 Å². The fraction of sp³-hybridized carbons (Fsp3) is 0.158. The van der Waals surface area contributed by atoms with Crippen molar-refractivity contribution in [3.8, 4) is 6.07 Å². The Balaban J connectivity index is 1.66. The van der Waals surface area contributed by atoms with Crippen molar-refractivity contribution in [2.24, 2.45) is 0 Å². The zero-order valence-corrected chi connectivity index (χ0v) is 15.2. The summed E-state index contributed by atoms with van der Waals surface area (Å²) in [7, 11) is 0. The Morgan fingerprint density at radius 3 is 2.70 bits per heavy atom. The van der Waals surface area contributed by atoms with Crippen LogP contribution >= 0.6 is 11.6 Å². The fourth-order valence-electron chi connectivity index (χ4n) is 2.63. The SMILES string of the molecule is N#CCN(CC(=O)Nc1cccc(Cn2cnnc2)c1)c1cccc(Cl)c1. The Morgan fingerprint density at radius 2 is 1.96 bits per heavy atom. The van der Waals surface area contributed by atoms with Crippen LogP contribution < -0.4 is 10.2 Å². The molecule has 7 nitrogen and oxygen atoms in total. The molecule has 0 aliphatic carbocycles. The first-order chi connectivity index (χ1) is 13.1. The van der Waals surface area contributed by atoms with E-state index < -0.39 is 0 Å². The largest absolute Gasteiger partial charge is 0.349 e. The van der Waals surface area contributed by atoms with E-state index in [1.807, 2.05) is 34.9 Å². The molecule has 1 N–H and O–H groups in total. The van der Waals surface area contributed by atoms with Crippen LogP contribution in [0.25, 0.3) is 0 Å². The molecule has 0 atom stereocenters. The maximum Gasteiger partial charge on any atom is 0.243 e. The van der Waals surface area contributed by atoms with E-state index in [0.29, 0.717) is 17.3 Å². The number of hydrogen-bond donors (Lipinski definition) is 1. The van der Waals surface area contributed by atoms with Crippen LogP contribution in [0.15, 0.2) is 61.2 Å². The molecule has 27 heavy (non-hydrogen) atoms. The summed E-state index contributed by atoms with van der Waals surface area (Å²) in [5.41, 5.74) is 2.42. The molecule has 0 spiro atoms. The molecule has 0 unspecified atom stereocenters. The van der Waals surface area contributed by atoms with Crippen LogP contribution in [-0.2, 0) is 11.3 Å². The summed E-state index contributed by atoms with van der Waals surface area (Å²) in [4.78, 5) is 14.1. The summed E-state index contributed by atoms with van der Waals surface area (Å²) in [6, 6.07) is 16.7. The highest BCUT2D eigenvalue weighted by Gasteiger charge is 2.12. The van der Waals surface area contributed by atoms with E-state index in [2.05, 4.69) is 21.6 Å². The van der Waals surface area contributed by atoms with Crippen molar-refractivity contribution < 1.29 is 4.79 Å². The second kappa shape index (κ2) is 8.83. The number of nitrogens with one attached hydrogen (secondary N) is 1. The highest BCUT2D eigenvalue weighted by Crippen LogP contribution is 2.19. The maximum absolute atomic E-state index is 12.5. The number of benzene rings is 2. The Hall–Kier alpha value is -3.37. The topological polar surface area (TPSA) is 86.8 Å². The summed E-state index contributed by atoms with van der Waals surface area (Å²) in [6.07, 6.45) is 3.27. The third kappa shape index (κ3) is 5.30. The van der Waals surface area contributed by atoms with Crippen molar-refractivity contribution in [2.75, 3.05) is 23.3 Å². The molecule has 0 fully saturated rings.